The summed E-state index contributed by atoms with van der Waals surface area (Å²) in [4.78, 5) is 26.9. The molecular formula is C23H29NO4. The summed E-state index contributed by atoms with van der Waals surface area (Å²) in [6, 6.07) is 12.1. The second-order valence-electron chi connectivity index (χ2n) is 7.73. The number of likely N-dealkylation sites (tertiary alicyclic amines) is 1. The molecule has 1 heterocycles. The van der Waals surface area contributed by atoms with Gasteiger partial charge in [0.2, 0.25) is 0 Å². The fourth-order valence-electron chi connectivity index (χ4n) is 4.02. The summed E-state index contributed by atoms with van der Waals surface area (Å²) < 4.78 is 10.6. The van der Waals surface area contributed by atoms with Crippen molar-refractivity contribution in [2.24, 2.45) is 0 Å². The Kier molecular flexibility index (Phi) is 6.22. The molecule has 0 saturated carbocycles. The molecule has 0 aliphatic carbocycles. The smallest absolute Gasteiger partial charge is 0.313 e. The van der Waals surface area contributed by atoms with E-state index in [0.717, 1.165) is 41.3 Å². The molecule has 0 unspecified atom stereocenters. The Balaban J connectivity index is 1.64. The van der Waals surface area contributed by atoms with Crippen molar-refractivity contribution < 1.29 is 19.1 Å². The Bertz CT molecular complexity index is 853. The van der Waals surface area contributed by atoms with Gasteiger partial charge in [-0.1, -0.05) is 24.3 Å². The number of hydrogen-bond donors (Lipinski definition) is 0. The molecule has 0 aromatic heterocycles. The predicted octanol–water partition coefficient (Wildman–Crippen LogP) is 4.28. The van der Waals surface area contributed by atoms with Crippen LogP contribution in [0.25, 0.3) is 10.8 Å². The van der Waals surface area contributed by atoms with Crippen molar-refractivity contribution in [3.05, 3.63) is 42.0 Å². The van der Waals surface area contributed by atoms with Crippen LogP contribution in [0.1, 0.15) is 51.5 Å². The summed E-state index contributed by atoms with van der Waals surface area (Å²) in [7, 11) is 1.64. The van der Waals surface area contributed by atoms with E-state index >= 15 is 0 Å². The van der Waals surface area contributed by atoms with Gasteiger partial charge in [-0.05, 0) is 68.5 Å². The minimum Gasteiger partial charge on any atom is -0.497 e. The van der Waals surface area contributed by atoms with Gasteiger partial charge in [0, 0.05) is 12.1 Å². The Morgan fingerprint density at radius 1 is 1.07 bits per heavy atom. The van der Waals surface area contributed by atoms with E-state index in [2.05, 4.69) is 13.8 Å². The van der Waals surface area contributed by atoms with Gasteiger partial charge in [0.15, 0.2) is 6.61 Å². The monoisotopic (exact) mass is 383 g/mol. The van der Waals surface area contributed by atoms with Gasteiger partial charge >= 0.3 is 5.97 Å². The summed E-state index contributed by atoms with van der Waals surface area (Å²) in [5, 5.41) is 2.08. The molecular weight excluding hydrogens is 354 g/mol. The van der Waals surface area contributed by atoms with E-state index in [4.69, 9.17) is 9.47 Å². The minimum absolute atomic E-state index is 0.106. The number of ether oxygens (including phenoxy) is 2. The highest BCUT2D eigenvalue weighted by atomic mass is 16.5. The SMILES string of the molecule is COc1ccc2cc([C@H](C)C(=O)OCC(=O)N3[C@H](C)CCC[C@@H]3C)ccc2c1. The molecule has 1 aliphatic heterocycles. The van der Waals surface area contributed by atoms with Crippen molar-refractivity contribution in [1.29, 1.82) is 0 Å². The number of esters is 1. The molecule has 1 fully saturated rings. The molecule has 3 rings (SSSR count). The zero-order chi connectivity index (χ0) is 20.3. The highest BCUT2D eigenvalue weighted by molar-refractivity contribution is 5.87. The maximum atomic E-state index is 12.6. The third-order valence-electron chi connectivity index (χ3n) is 5.74. The molecule has 2 aromatic rings. The van der Waals surface area contributed by atoms with Crippen LogP contribution in [0.4, 0.5) is 0 Å². The van der Waals surface area contributed by atoms with Crippen LogP contribution in [-0.2, 0) is 14.3 Å². The molecule has 0 N–H and O–H groups in total. The van der Waals surface area contributed by atoms with Crippen LogP contribution in [0.5, 0.6) is 5.75 Å². The first kappa shape index (κ1) is 20.2. The average Bonchev–Trinajstić information content (AvgIpc) is 2.70. The second-order valence-corrected chi connectivity index (χ2v) is 7.73. The first-order valence-electron chi connectivity index (χ1n) is 9.96. The maximum Gasteiger partial charge on any atom is 0.313 e. The molecule has 5 nitrogen and oxygen atoms in total. The Morgan fingerprint density at radius 3 is 2.39 bits per heavy atom. The molecule has 1 amide bonds. The molecule has 3 atom stereocenters. The van der Waals surface area contributed by atoms with E-state index in [9.17, 15) is 9.59 Å². The molecule has 5 heteroatoms. The van der Waals surface area contributed by atoms with Gasteiger partial charge in [-0.3, -0.25) is 9.59 Å². The number of amides is 1. The quantitative estimate of drug-likeness (QED) is 0.723. The maximum absolute atomic E-state index is 12.6. The zero-order valence-corrected chi connectivity index (χ0v) is 17.1. The molecule has 0 spiro atoms. The van der Waals surface area contributed by atoms with Gasteiger partial charge in [0.05, 0.1) is 13.0 Å². The number of hydrogen-bond acceptors (Lipinski definition) is 4. The van der Waals surface area contributed by atoms with E-state index in [1.165, 1.54) is 0 Å². The number of methoxy groups -OCH3 is 1. The number of piperidine rings is 1. The average molecular weight is 383 g/mol. The molecule has 1 saturated heterocycles. The Hall–Kier alpha value is -2.56. The van der Waals surface area contributed by atoms with E-state index in [0.29, 0.717) is 0 Å². The van der Waals surface area contributed by atoms with Crippen molar-refractivity contribution in [3.8, 4) is 5.75 Å². The number of carbonyl (C=O) groups is 2. The number of benzene rings is 2. The molecule has 1 aliphatic rings. The van der Waals surface area contributed by atoms with E-state index in [-0.39, 0.29) is 30.6 Å². The lowest BCUT2D eigenvalue weighted by Crippen LogP contribution is -2.49. The van der Waals surface area contributed by atoms with Crippen LogP contribution in [0, 0.1) is 0 Å². The third kappa shape index (κ3) is 4.29. The van der Waals surface area contributed by atoms with Crippen molar-refractivity contribution in [1.82, 2.24) is 4.90 Å². The zero-order valence-electron chi connectivity index (χ0n) is 17.1. The summed E-state index contributed by atoms with van der Waals surface area (Å²) in [5.41, 5.74) is 0.870. The fraction of sp³-hybridized carbons (Fsp3) is 0.478. The Labute approximate surface area is 166 Å². The topological polar surface area (TPSA) is 55.8 Å². The summed E-state index contributed by atoms with van der Waals surface area (Å²) >= 11 is 0. The van der Waals surface area contributed by atoms with Crippen molar-refractivity contribution in [2.75, 3.05) is 13.7 Å². The van der Waals surface area contributed by atoms with Gasteiger partial charge < -0.3 is 14.4 Å². The molecule has 150 valence electrons. The second kappa shape index (κ2) is 8.63. The van der Waals surface area contributed by atoms with Crippen molar-refractivity contribution >= 4 is 22.6 Å². The predicted molar refractivity (Wildman–Crippen MR) is 109 cm³/mol. The summed E-state index contributed by atoms with van der Waals surface area (Å²) in [5.74, 6) is -0.118. The molecule has 28 heavy (non-hydrogen) atoms. The van der Waals surface area contributed by atoms with Gasteiger partial charge in [0.1, 0.15) is 5.75 Å². The van der Waals surface area contributed by atoms with Crippen LogP contribution in [0.2, 0.25) is 0 Å². The highest BCUT2D eigenvalue weighted by Crippen LogP contribution is 2.26. The van der Waals surface area contributed by atoms with E-state index in [1.54, 1.807) is 7.11 Å². The summed E-state index contributed by atoms with van der Waals surface area (Å²) in [6.07, 6.45) is 3.14. The van der Waals surface area contributed by atoms with Gasteiger partial charge in [-0.2, -0.15) is 0 Å². The largest absolute Gasteiger partial charge is 0.497 e. The lowest BCUT2D eigenvalue weighted by atomic mass is 9.97. The van der Waals surface area contributed by atoms with Crippen LogP contribution < -0.4 is 4.74 Å². The van der Waals surface area contributed by atoms with E-state index in [1.807, 2.05) is 48.2 Å². The van der Waals surface area contributed by atoms with Crippen LogP contribution >= 0.6 is 0 Å². The number of carbonyl (C=O) groups excluding carboxylic acids is 2. The first-order chi connectivity index (χ1) is 13.4. The van der Waals surface area contributed by atoms with Gasteiger partial charge in [-0.15, -0.1) is 0 Å². The van der Waals surface area contributed by atoms with Crippen LogP contribution in [0.15, 0.2) is 36.4 Å². The van der Waals surface area contributed by atoms with Gasteiger partial charge in [-0.25, -0.2) is 0 Å². The van der Waals surface area contributed by atoms with Gasteiger partial charge in [0.25, 0.3) is 5.91 Å². The fourth-order valence-corrected chi connectivity index (χ4v) is 4.02. The van der Waals surface area contributed by atoms with Crippen molar-refractivity contribution in [2.45, 2.75) is 58.0 Å². The summed E-state index contributed by atoms with van der Waals surface area (Å²) in [6.45, 7) is 5.73. The first-order valence-corrected chi connectivity index (χ1v) is 9.96. The lowest BCUT2D eigenvalue weighted by Gasteiger charge is -2.38. The minimum atomic E-state index is -0.435. The number of fused-ring (bicyclic) bond motifs is 1. The van der Waals surface area contributed by atoms with Crippen molar-refractivity contribution in [3.63, 3.8) is 0 Å². The number of nitrogens with zero attached hydrogens (tertiary/aromatic N) is 1. The molecule has 2 aromatic carbocycles. The molecule has 0 radical (unpaired) electrons. The number of rotatable bonds is 5. The third-order valence-corrected chi connectivity index (χ3v) is 5.74. The lowest BCUT2D eigenvalue weighted by molar-refractivity contribution is -0.155. The normalized spacial score (nSPS) is 20.6. The van der Waals surface area contributed by atoms with E-state index < -0.39 is 5.92 Å². The highest BCUT2D eigenvalue weighted by Gasteiger charge is 2.30. The van der Waals surface area contributed by atoms with Crippen LogP contribution in [-0.4, -0.2) is 42.6 Å². The molecule has 0 bridgehead atoms. The van der Waals surface area contributed by atoms with Crippen LogP contribution in [0.3, 0.4) is 0 Å². The standard InChI is InChI=1S/C23H29NO4/c1-15-6-5-7-16(2)24(15)22(25)14-28-23(26)17(3)18-8-9-20-13-21(27-4)11-10-19(20)12-18/h8-13,15-17H,5-7,14H2,1-4H3/t15-,16+,17-/m0/s1. The Morgan fingerprint density at radius 2 is 1.71 bits per heavy atom.